The highest BCUT2D eigenvalue weighted by atomic mass is 35.5. The van der Waals surface area contributed by atoms with E-state index in [1.54, 1.807) is 6.92 Å². The Labute approximate surface area is 122 Å². The van der Waals surface area contributed by atoms with Crippen LogP contribution in [0, 0.1) is 5.82 Å². The molecular weight excluding hydrogens is 309 g/mol. The van der Waals surface area contributed by atoms with Gasteiger partial charge in [-0.1, -0.05) is 11.6 Å². The molecule has 114 valence electrons. The summed E-state index contributed by atoms with van der Waals surface area (Å²) in [6, 6.07) is 1.61. The van der Waals surface area contributed by atoms with Crippen LogP contribution in [-0.2, 0) is 21.4 Å². The van der Waals surface area contributed by atoms with Gasteiger partial charge in [0.2, 0.25) is 10.0 Å². The Morgan fingerprint density at radius 3 is 2.70 bits per heavy atom. The third-order valence-electron chi connectivity index (χ3n) is 2.67. The first-order chi connectivity index (χ1) is 9.31. The Morgan fingerprint density at radius 1 is 1.50 bits per heavy atom. The van der Waals surface area contributed by atoms with Gasteiger partial charge in [0.05, 0.1) is 16.5 Å². The van der Waals surface area contributed by atoms with Crippen molar-refractivity contribution in [3.05, 3.63) is 28.5 Å². The van der Waals surface area contributed by atoms with Gasteiger partial charge in [0.15, 0.2) is 0 Å². The van der Waals surface area contributed by atoms with Crippen molar-refractivity contribution in [2.45, 2.75) is 30.9 Å². The van der Waals surface area contributed by atoms with Crippen LogP contribution >= 0.6 is 11.6 Å². The van der Waals surface area contributed by atoms with Crippen molar-refractivity contribution < 1.29 is 22.7 Å². The Morgan fingerprint density at radius 2 is 2.15 bits per heavy atom. The van der Waals surface area contributed by atoms with Gasteiger partial charge in [-0.2, -0.15) is 0 Å². The minimum absolute atomic E-state index is 0.0246. The summed E-state index contributed by atoms with van der Waals surface area (Å²) in [5.41, 5.74) is 0.0246. The van der Waals surface area contributed by atoms with Crippen LogP contribution in [0.5, 0.6) is 0 Å². The number of aliphatic hydroxyl groups is 1. The van der Waals surface area contributed by atoms with Gasteiger partial charge in [0.25, 0.3) is 0 Å². The topological polar surface area (TPSA) is 75.6 Å². The van der Waals surface area contributed by atoms with Gasteiger partial charge >= 0.3 is 0 Å². The van der Waals surface area contributed by atoms with Gasteiger partial charge < -0.3 is 9.84 Å². The molecular formula is C12H17ClFNO4S. The van der Waals surface area contributed by atoms with E-state index in [0.717, 1.165) is 12.1 Å². The van der Waals surface area contributed by atoms with Gasteiger partial charge in [-0.05, 0) is 25.5 Å². The van der Waals surface area contributed by atoms with Crippen LogP contribution in [0.25, 0.3) is 0 Å². The van der Waals surface area contributed by atoms with E-state index in [-0.39, 0.29) is 21.5 Å². The maximum absolute atomic E-state index is 13.5. The van der Waals surface area contributed by atoms with E-state index in [1.165, 1.54) is 7.11 Å². The molecule has 1 aromatic rings. The van der Waals surface area contributed by atoms with E-state index in [9.17, 15) is 12.8 Å². The summed E-state index contributed by atoms with van der Waals surface area (Å²) in [6.45, 7) is 1.54. The van der Waals surface area contributed by atoms with E-state index in [2.05, 4.69) is 4.72 Å². The number of aliphatic hydroxyl groups excluding tert-OH is 1. The molecule has 0 aliphatic heterocycles. The quantitative estimate of drug-likeness (QED) is 0.799. The van der Waals surface area contributed by atoms with Crippen molar-refractivity contribution in [3.8, 4) is 0 Å². The normalized spacial score (nSPS) is 13.4. The summed E-state index contributed by atoms with van der Waals surface area (Å²) in [7, 11) is -2.36. The molecule has 0 saturated heterocycles. The van der Waals surface area contributed by atoms with Crippen LogP contribution in [0.4, 0.5) is 4.39 Å². The Bertz CT molecular complexity index is 565. The fourth-order valence-corrected chi connectivity index (χ4v) is 3.08. The lowest BCUT2D eigenvalue weighted by molar-refractivity contribution is 0.188. The number of sulfonamides is 1. The predicted octanol–water partition coefficient (Wildman–Crippen LogP) is 1.67. The highest BCUT2D eigenvalue weighted by molar-refractivity contribution is 7.89. The van der Waals surface area contributed by atoms with Crippen molar-refractivity contribution in [1.29, 1.82) is 0 Å². The number of hydrogen-bond acceptors (Lipinski definition) is 4. The monoisotopic (exact) mass is 325 g/mol. The second-order valence-corrected chi connectivity index (χ2v) is 6.43. The molecule has 0 saturated carbocycles. The lowest BCUT2D eigenvalue weighted by Crippen LogP contribution is -2.33. The maximum Gasteiger partial charge on any atom is 0.240 e. The van der Waals surface area contributed by atoms with Gasteiger partial charge in [-0.15, -0.1) is 0 Å². The molecule has 5 nitrogen and oxygen atoms in total. The minimum atomic E-state index is -3.88. The molecule has 0 bridgehead atoms. The molecule has 20 heavy (non-hydrogen) atoms. The Hall–Kier alpha value is -0.730. The Balaban J connectivity index is 3.01. The molecule has 0 aromatic heterocycles. The summed E-state index contributed by atoms with van der Waals surface area (Å²) in [4.78, 5) is -0.271. The molecule has 1 unspecified atom stereocenters. The molecule has 1 aromatic carbocycles. The Kier molecular flexibility index (Phi) is 6.35. The molecule has 0 amide bonds. The zero-order valence-electron chi connectivity index (χ0n) is 11.2. The molecule has 1 atom stereocenters. The van der Waals surface area contributed by atoms with Gasteiger partial charge in [0.1, 0.15) is 5.82 Å². The number of benzene rings is 1. The zero-order chi connectivity index (χ0) is 15.3. The van der Waals surface area contributed by atoms with E-state index >= 15 is 0 Å². The number of halogens is 2. The lowest BCUT2D eigenvalue weighted by Gasteiger charge is -2.14. The van der Waals surface area contributed by atoms with Crippen LogP contribution in [0.2, 0.25) is 5.02 Å². The largest absolute Gasteiger partial charge is 0.392 e. The zero-order valence-corrected chi connectivity index (χ0v) is 12.8. The summed E-state index contributed by atoms with van der Waals surface area (Å²) in [5.74, 6) is -0.886. The molecule has 0 fully saturated rings. The molecule has 0 aliphatic carbocycles. The van der Waals surface area contributed by atoms with Crippen LogP contribution in [0.3, 0.4) is 0 Å². The number of ether oxygens (including phenoxy) is 1. The van der Waals surface area contributed by atoms with Crippen LogP contribution < -0.4 is 4.72 Å². The molecule has 8 heteroatoms. The van der Waals surface area contributed by atoms with Crippen LogP contribution in [0.15, 0.2) is 17.0 Å². The van der Waals surface area contributed by atoms with E-state index in [1.807, 2.05) is 0 Å². The van der Waals surface area contributed by atoms with Crippen molar-refractivity contribution in [2.75, 3.05) is 13.7 Å². The van der Waals surface area contributed by atoms with E-state index in [0.29, 0.717) is 13.0 Å². The standard InChI is InChI=1S/C12H17ClFNO4S/c1-8(3-4-19-2)15-20(17,18)10-5-9(7-16)12(13)11(14)6-10/h5-6,8,15-16H,3-4,7H2,1-2H3. The van der Waals surface area contributed by atoms with Gasteiger partial charge in [-0.3, -0.25) is 0 Å². The molecule has 2 N–H and O–H groups in total. The second-order valence-electron chi connectivity index (χ2n) is 4.34. The smallest absolute Gasteiger partial charge is 0.240 e. The fraction of sp³-hybridized carbons (Fsp3) is 0.500. The van der Waals surface area contributed by atoms with E-state index < -0.39 is 22.4 Å². The minimum Gasteiger partial charge on any atom is -0.392 e. The predicted molar refractivity (Wildman–Crippen MR) is 73.6 cm³/mol. The maximum atomic E-state index is 13.5. The summed E-state index contributed by atoms with van der Waals surface area (Å²) in [6.07, 6.45) is 0.485. The third-order valence-corrected chi connectivity index (χ3v) is 4.66. The highest BCUT2D eigenvalue weighted by Crippen LogP contribution is 2.24. The molecule has 0 spiro atoms. The average molecular weight is 326 g/mol. The summed E-state index contributed by atoms with van der Waals surface area (Å²) < 4.78 is 45.0. The number of methoxy groups -OCH3 is 1. The van der Waals surface area contributed by atoms with Crippen molar-refractivity contribution in [2.24, 2.45) is 0 Å². The number of nitrogens with one attached hydrogen (secondary N) is 1. The second kappa shape index (κ2) is 7.33. The van der Waals surface area contributed by atoms with Crippen molar-refractivity contribution in [3.63, 3.8) is 0 Å². The van der Waals surface area contributed by atoms with Crippen molar-refractivity contribution >= 4 is 21.6 Å². The first kappa shape index (κ1) is 17.3. The fourth-order valence-electron chi connectivity index (χ4n) is 1.58. The average Bonchev–Trinajstić information content (AvgIpc) is 2.38. The SMILES string of the molecule is COCCC(C)NS(=O)(=O)c1cc(F)c(Cl)c(CO)c1. The van der Waals surface area contributed by atoms with E-state index in [4.69, 9.17) is 21.4 Å². The highest BCUT2D eigenvalue weighted by Gasteiger charge is 2.20. The van der Waals surface area contributed by atoms with Crippen molar-refractivity contribution in [1.82, 2.24) is 4.72 Å². The molecule has 1 rings (SSSR count). The van der Waals surface area contributed by atoms with Crippen LogP contribution in [0.1, 0.15) is 18.9 Å². The lowest BCUT2D eigenvalue weighted by atomic mass is 10.2. The molecule has 0 heterocycles. The first-order valence-corrected chi connectivity index (χ1v) is 7.78. The van der Waals surface area contributed by atoms with Crippen LogP contribution in [-0.4, -0.2) is 33.3 Å². The third kappa shape index (κ3) is 4.39. The molecule has 0 aliphatic rings. The van der Waals surface area contributed by atoms with Gasteiger partial charge in [-0.25, -0.2) is 17.5 Å². The summed E-state index contributed by atoms with van der Waals surface area (Å²) >= 11 is 5.62. The number of rotatable bonds is 7. The van der Waals surface area contributed by atoms with Gasteiger partial charge in [0, 0.05) is 25.3 Å². The number of hydrogen-bond donors (Lipinski definition) is 2. The first-order valence-electron chi connectivity index (χ1n) is 5.92. The molecule has 0 radical (unpaired) electrons. The summed E-state index contributed by atoms with van der Waals surface area (Å²) in [5, 5.41) is 8.77.